The first kappa shape index (κ1) is 29.5. The quantitative estimate of drug-likeness (QED) is 0.359. The number of amides is 2. The van der Waals surface area contributed by atoms with Gasteiger partial charge in [0.1, 0.15) is 16.3 Å². The molecule has 6 rings (SSSR count). The molecule has 10 nitrogen and oxygen atoms in total. The maximum Gasteiger partial charge on any atom is 0.282 e. The first-order valence-electron chi connectivity index (χ1n) is 14.8. The van der Waals surface area contributed by atoms with Gasteiger partial charge in [0.05, 0.1) is 17.8 Å². The summed E-state index contributed by atoms with van der Waals surface area (Å²) in [7, 11) is 3.79. The highest BCUT2D eigenvalue weighted by molar-refractivity contribution is 9.10. The molecule has 43 heavy (non-hydrogen) atoms. The molecule has 2 N–H and O–H groups in total. The van der Waals surface area contributed by atoms with Gasteiger partial charge in [0.25, 0.3) is 5.56 Å². The van der Waals surface area contributed by atoms with Crippen LogP contribution in [-0.4, -0.2) is 76.8 Å². The number of likely N-dealkylation sites (N-methyl/N-ethyl adjacent to an activating group) is 1. The number of imide groups is 1. The third kappa shape index (κ3) is 6.84. The Morgan fingerprint density at radius 2 is 1.70 bits per heavy atom. The third-order valence-electron chi connectivity index (χ3n) is 8.68. The zero-order valence-electron chi connectivity index (χ0n) is 24.5. The van der Waals surface area contributed by atoms with Gasteiger partial charge < -0.3 is 15.0 Å². The molecule has 226 valence electrons. The smallest absolute Gasteiger partial charge is 0.282 e. The van der Waals surface area contributed by atoms with Gasteiger partial charge in [-0.25, -0.2) is 4.68 Å². The molecule has 0 bridgehead atoms. The predicted octanol–water partition coefficient (Wildman–Crippen LogP) is 3.23. The minimum absolute atomic E-state index is 0.142. The Kier molecular flexibility index (Phi) is 8.65. The molecule has 2 amide bonds. The van der Waals surface area contributed by atoms with Crippen molar-refractivity contribution in [3.8, 4) is 5.75 Å². The van der Waals surface area contributed by atoms with Crippen LogP contribution >= 0.6 is 15.9 Å². The number of rotatable bonds is 8. The van der Waals surface area contributed by atoms with Crippen LogP contribution in [0.1, 0.15) is 47.8 Å². The predicted molar refractivity (Wildman–Crippen MR) is 167 cm³/mol. The lowest BCUT2D eigenvalue weighted by molar-refractivity contribution is -0.134. The fourth-order valence-electron chi connectivity index (χ4n) is 6.36. The molecule has 1 unspecified atom stereocenters. The Labute approximate surface area is 259 Å². The lowest BCUT2D eigenvalue weighted by Gasteiger charge is -2.39. The summed E-state index contributed by atoms with van der Waals surface area (Å²) < 4.78 is 7.99. The van der Waals surface area contributed by atoms with Gasteiger partial charge in [0.2, 0.25) is 11.8 Å². The molecule has 3 aliphatic heterocycles. The highest BCUT2D eigenvalue weighted by Gasteiger charge is 2.31. The molecular formula is C32H37BrN6O4. The second-order valence-electron chi connectivity index (χ2n) is 12.0. The van der Waals surface area contributed by atoms with Gasteiger partial charge >= 0.3 is 0 Å². The van der Waals surface area contributed by atoms with Crippen molar-refractivity contribution in [2.45, 2.75) is 49.8 Å². The van der Waals surface area contributed by atoms with Gasteiger partial charge in [-0.3, -0.25) is 24.6 Å². The van der Waals surface area contributed by atoms with E-state index in [2.05, 4.69) is 72.8 Å². The maximum atomic E-state index is 12.3. The summed E-state index contributed by atoms with van der Waals surface area (Å²) in [6.07, 6.45) is 3.75. The lowest BCUT2D eigenvalue weighted by Crippen LogP contribution is -2.53. The highest BCUT2D eigenvalue weighted by Crippen LogP contribution is 2.31. The molecule has 2 aromatic carbocycles. The number of piperidine rings is 2. The molecule has 1 aromatic heterocycles. The molecule has 4 heterocycles. The van der Waals surface area contributed by atoms with Crippen LogP contribution in [0, 0.1) is 0 Å². The van der Waals surface area contributed by atoms with Crippen LogP contribution in [0.3, 0.4) is 0 Å². The number of likely N-dealkylation sites (tertiary alicyclic amines) is 2. The van der Waals surface area contributed by atoms with Crippen LogP contribution in [0.25, 0.3) is 0 Å². The summed E-state index contributed by atoms with van der Waals surface area (Å²) in [5.74, 6) is 0.501. The summed E-state index contributed by atoms with van der Waals surface area (Å²) in [5.41, 5.74) is 4.11. The van der Waals surface area contributed by atoms with Crippen LogP contribution in [-0.2, 0) is 23.2 Å². The number of nitrogens with zero attached hydrogens (tertiary/aromatic N) is 4. The molecule has 3 saturated heterocycles. The van der Waals surface area contributed by atoms with E-state index in [0.717, 1.165) is 56.1 Å². The number of nitrogens with one attached hydrogen (secondary N) is 2. The van der Waals surface area contributed by atoms with Crippen molar-refractivity contribution < 1.29 is 14.3 Å². The molecule has 0 radical (unpaired) electrons. The van der Waals surface area contributed by atoms with Gasteiger partial charge in [-0.15, -0.1) is 0 Å². The van der Waals surface area contributed by atoms with Crippen molar-refractivity contribution in [2.24, 2.45) is 7.05 Å². The fourth-order valence-corrected chi connectivity index (χ4v) is 6.83. The van der Waals surface area contributed by atoms with Crippen LogP contribution in [0.4, 0.5) is 5.69 Å². The number of benzene rings is 2. The average molecular weight is 650 g/mol. The number of hydrogen-bond donors (Lipinski definition) is 2. The third-order valence-corrected chi connectivity index (χ3v) is 9.44. The van der Waals surface area contributed by atoms with Crippen molar-refractivity contribution in [1.29, 1.82) is 0 Å². The Morgan fingerprint density at radius 3 is 2.42 bits per heavy atom. The lowest BCUT2D eigenvalue weighted by atomic mass is 9.87. The first-order valence-corrected chi connectivity index (χ1v) is 15.6. The van der Waals surface area contributed by atoms with E-state index in [1.54, 1.807) is 13.2 Å². The second-order valence-corrected chi connectivity index (χ2v) is 12.8. The van der Waals surface area contributed by atoms with Crippen molar-refractivity contribution in [1.82, 2.24) is 24.9 Å². The van der Waals surface area contributed by atoms with E-state index >= 15 is 0 Å². The maximum absolute atomic E-state index is 12.3. The molecule has 0 saturated carbocycles. The monoisotopic (exact) mass is 648 g/mol. The number of carbonyl (C=O) groups excluding carboxylic acids is 2. The van der Waals surface area contributed by atoms with E-state index in [-0.39, 0.29) is 35.4 Å². The van der Waals surface area contributed by atoms with Gasteiger partial charge in [0.15, 0.2) is 0 Å². The molecule has 3 fully saturated rings. The van der Waals surface area contributed by atoms with E-state index in [4.69, 9.17) is 4.74 Å². The molecule has 3 atom stereocenters. The summed E-state index contributed by atoms with van der Waals surface area (Å²) >= 11 is 3.43. The second kappa shape index (κ2) is 12.6. The van der Waals surface area contributed by atoms with E-state index < -0.39 is 0 Å². The molecular weight excluding hydrogens is 612 g/mol. The summed E-state index contributed by atoms with van der Waals surface area (Å²) in [6.45, 7) is 4.51. The largest absolute Gasteiger partial charge is 0.488 e. The van der Waals surface area contributed by atoms with Gasteiger partial charge in [-0.2, -0.15) is 5.10 Å². The van der Waals surface area contributed by atoms with Crippen LogP contribution in [0.5, 0.6) is 5.75 Å². The topological polar surface area (TPSA) is 109 Å². The van der Waals surface area contributed by atoms with E-state index in [9.17, 15) is 14.4 Å². The molecule has 3 aromatic rings. The van der Waals surface area contributed by atoms with E-state index in [0.29, 0.717) is 23.2 Å². The zero-order valence-corrected chi connectivity index (χ0v) is 26.0. The number of hydrogen-bond acceptors (Lipinski definition) is 8. The minimum atomic E-state index is -0.277. The minimum Gasteiger partial charge on any atom is -0.488 e. The summed E-state index contributed by atoms with van der Waals surface area (Å²) in [6, 6.07) is 16.9. The van der Waals surface area contributed by atoms with Crippen molar-refractivity contribution in [3.63, 3.8) is 0 Å². The Morgan fingerprint density at radius 1 is 0.977 bits per heavy atom. The standard InChI is InChI=1S/C32H37BrN6O4/c1-37-16-23(13-24(17-37)35-28-14-34-38(2)32(42)30(28)33)21-5-3-20(4-6-21)15-39-18-26(19-39)43-25-9-7-22(8-10-25)27-11-12-29(40)36-31(27)41/h3-10,14,23-24,26-27,35H,11-13,15-19H2,1-2H3,(H,36,40,41)/t23-,24+,27?/m0/s1. The van der Waals surface area contributed by atoms with E-state index in [1.165, 1.54) is 15.8 Å². The number of aryl methyl sites for hydroxylation is 1. The van der Waals surface area contributed by atoms with Crippen LogP contribution in [0.15, 0.2) is 64.0 Å². The van der Waals surface area contributed by atoms with Gasteiger partial charge in [0, 0.05) is 52.2 Å². The molecule has 0 spiro atoms. The average Bonchev–Trinajstić information content (AvgIpc) is 2.97. The fraction of sp³-hybridized carbons (Fsp3) is 0.438. The number of carbonyl (C=O) groups is 2. The van der Waals surface area contributed by atoms with Crippen molar-refractivity contribution in [2.75, 3.05) is 38.5 Å². The van der Waals surface area contributed by atoms with Crippen molar-refractivity contribution >= 4 is 33.4 Å². The highest BCUT2D eigenvalue weighted by atomic mass is 79.9. The van der Waals surface area contributed by atoms with Gasteiger partial charge in [-0.05, 0) is 70.6 Å². The number of anilines is 1. The normalized spacial score (nSPS) is 23.5. The van der Waals surface area contributed by atoms with Crippen molar-refractivity contribution in [3.05, 3.63) is 86.2 Å². The molecule has 3 aliphatic rings. The van der Waals surface area contributed by atoms with Crippen LogP contribution < -0.4 is 20.9 Å². The van der Waals surface area contributed by atoms with E-state index in [1.807, 2.05) is 24.3 Å². The van der Waals surface area contributed by atoms with Crippen LogP contribution in [0.2, 0.25) is 0 Å². The molecule has 0 aliphatic carbocycles. The number of ether oxygens (including phenoxy) is 1. The SMILES string of the molecule is CN1C[C@H](Nc2cnn(C)c(=O)c2Br)C[C@H](c2ccc(CN3CC(Oc4ccc(C5CCC(=O)NC5=O)cc4)C3)cc2)C1. The Bertz CT molecular complexity index is 1540. The van der Waals surface area contributed by atoms with Gasteiger partial charge in [-0.1, -0.05) is 36.4 Å². The Hall–Kier alpha value is -3.54. The zero-order chi connectivity index (χ0) is 30.1. The number of halogens is 1. The summed E-state index contributed by atoms with van der Waals surface area (Å²) in [5, 5.41) is 10.1. The molecule has 11 heteroatoms. The summed E-state index contributed by atoms with van der Waals surface area (Å²) in [4.78, 5) is 40.5. The number of aromatic nitrogens is 2. The Balaban J connectivity index is 0.977. The first-order chi connectivity index (χ1) is 20.7.